The Balaban J connectivity index is 1.68. The first-order valence-electron chi connectivity index (χ1n) is 11.2. The third kappa shape index (κ3) is 3.68. The summed E-state index contributed by atoms with van der Waals surface area (Å²) in [5.41, 5.74) is 12.3. The lowest BCUT2D eigenvalue weighted by atomic mass is 9.85. The zero-order valence-corrected chi connectivity index (χ0v) is 19.6. The molecule has 1 aliphatic rings. The molecule has 172 valence electrons. The molecule has 0 saturated heterocycles. The molecule has 3 heterocycles. The van der Waals surface area contributed by atoms with Crippen LogP contribution in [0, 0.1) is 6.92 Å². The molecular formula is C28H21ClN4O2. The van der Waals surface area contributed by atoms with E-state index in [9.17, 15) is 4.79 Å². The van der Waals surface area contributed by atoms with Gasteiger partial charge >= 0.3 is 5.69 Å². The predicted molar refractivity (Wildman–Crippen MR) is 140 cm³/mol. The van der Waals surface area contributed by atoms with Crippen molar-refractivity contribution in [3.8, 4) is 17.1 Å². The third-order valence-electron chi connectivity index (χ3n) is 6.31. The normalized spacial score (nSPS) is 14.9. The molecule has 2 aromatic heterocycles. The Morgan fingerprint density at radius 1 is 0.943 bits per heavy atom. The molecule has 1 unspecified atom stereocenters. The van der Waals surface area contributed by atoms with Crippen LogP contribution >= 0.6 is 11.6 Å². The van der Waals surface area contributed by atoms with Gasteiger partial charge in [-0.15, -0.1) is 0 Å². The molecule has 0 bridgehead atoms. The van der Waals surface area contributed by atoms with E-state index in [0.29, 0.717) is 16.3 Å². The molecule has 7 heteroatoms. The van der Waals surface area contributed by atoms with E-state index in [1.54, 1.807) is 0 Å². The van der Waals surface area contributed by atoms with E-state index >= 15 is 0 Å². The summed E-state index contributed by atoms with van der Waals surface area (Å²) in [6.07, 6.45) is 2.03. The van der Waals surface area contributed by atoms with Gasteiger partial charge in [0.1, 0.15) is 11.6 Å². The van der Waals surface area contributed by atoms with Gasteiger partial charge in [-0.25, -0.2) is 4.79 Å². The first kappa shape index (κ1) is 21.3. The molecular weight excluding hydrogens is 460 g/mol. The van der Waals surface area contributed by atoms with E-state index in [1.807, 2.05) is 73.7 Å². The standard InChI is InChI=1S/C28H21ClN4O2/c1-15-7-9-16(10-8-15)22-14-20(24-26(30)32-28(34)33-27(24)35-22)23-19-13-18(29)11-12-21(19)31-25(23)17-5-3-2-4-6-17/h2-14,20,31H,1H3,(H3,30,32,33,34). The molecule has 4 N–H and O–H groups in total. The molecule has 5 aromatic rings. The maximum absolute atomic E-state index is 12.2. The molecule has 0 aliphatic carbocycles. The Hall–Kier alpha value is -4.29. The number of hydrogen-bond donors (Lipinski definition) is 3. The van der Waals surface area contributed by atoms with Crippen molar-refractivity contribution >= 4 is 34.1 Å². The SMILES string of the molecule is Cc1ccc(C2=CC(c3c(-c4ccccc4)[nH]c4ccc(Cl)cc34)c3c(nc(=O)[nH]c3N)O2)cc1. The Bertz CT molecular complexity index is 1670. The Kier molecular flexibility index (Phi) is 4.97. The smallest absolute Gasteiger partial charge is 0.349 e. The fourth-order valence-electron chi connectivity index (χ4n) is 4.67. The summed E-state index contributed by atoms with van der Waals surface area (Å²) in [7, 11) is 0. The lowest BCUT2D eigenvalue weighted by molar-refractivity contribution is 0.468. The molecule has 0 saturated carbocycles. The number of halogens is 1. The van der Waals surface area contributed by atoms with Gasteiger partial charge in [0.25, 0.3) is 0 Å². The minimum absolute atomic E-state index is 0.199. The fourth-order valence-corrected chi connectivity index (χ4v) is 4.84. The number of allylic oxidation sites excluding steroid dienone is 1. The monoisotopic (exact) mass is 480 g/mol. The summed E-state index contributed by atoms with van der Waals surface area (Å²) in [5.74, 6) is 0.668. The number of aryl methyl sites for hydroxylation is 1. The molecule has 35 heavy (non-hydrogen) atoms. The molecule has 1 atom stereocenters. The number of benzene rings is 3. The summed E-state index contributed by atoms with van der Waals surface area (Å²) in [6, 6.07) is 23.9. The summed E-state index contributed by atoms with van der Waals surface area (Å²) in [5, 5.41) is 1.58. The zero-order valence-electron chi connectivity index (χ0n) is 18.8. The Morgan fingerprint density at radius 2 is 1.71 bits per heavy atom. The number of nitrogens with two attached hydrogens (primary N) is 1. The third-order valence-corrected chi connectivity index (χ3v) is 6.55. The van der Waals surface area contributed by atoms with Crippen LogP contribution in [0.25, 0.3) is 27.9 Å². The van der Waals surface area contributed by atoms with E-state index in [2.05, 4.69) is 27.1 Å². The number of fused-ring (bicyclic) bond motifs is 2. The highest BCUT2D eigenvalue weighted by molar-refractivity contribution is 6.31. The second-order valence-electron chi connectivity index (χ2n) is 8.62. The van der Waals surface area contributed by atoms with Crippen molar-refractivity contribution in [3.05, 3.63) is 117 Å². The number of nitrogens with one attached hydrogen (secondary N) is 2. The van der Waals surface area contributed by atoms with Gasteiger partial charge in [-0.05, 0) is 42.3 Å². The number of anilines is 1. The molecule has 6 rings (SSSR count). The Morgan fingerprint density at radius 3 is 2.49 bits per heavy atom. The van der Waals surface area contributed by atoms with Crippen molar-refractivity contribution in [2.45, 2.75) is 12.8 Å². The topological polar surface area (TPSA) is 96.8 Å². The van der Waals surface area contributed by atoms with Crippen LogP contribution in [0.3, 0.4) is 0 Å². The van der Waals surface area contributed by atoms with Crippen molar-refractivity contribution in [1.82, 2.24) is 15.0 Å². The first-order valence-corrected chi connectivity index (χ1v) is 11.6. The van der Waals surface area contributed by atoms with Gasteiger partial charge in [0, 0.05) is 27.4 Å². The van der Waals surface area contributed by atoms with Crippen LogP contribution in [-0.2, 0) is 0 Å². The van der Waals surface area contributed by atoms with Gasteiger partial charge in [0.2, 0.25) is 5.88 Å². The van der Waals surface area contributed by atoms with Crippen LogP contribution in [-0.4, -0.2) is 15.0 Å². The van der Waals surface area contributed by atoms with Crippen molar-refractivity contribution in [3.63, 3.8) is 0 Å². The number of aromatic amines is 2. The summed E-state index contributed by atoms with van der Waals surface area (Å²) in [4.78, 5) is 22.6. The van der Waals surface area contributed by atoms with E-state index in [-0.39, 0.29) is 17.6 Å². The maximum Gasteiger partial charge on any atom is 0.349 e. The van der Waals surface area contributed by atoms with Crippen LogP contribution in [0.2, 0.25) is 5.02 Å². The van der Waals surface area contributed by atoms with Crippen molar-refractivity contribution in [1.29, 1.82) is 0 Å². The van der Waals surface area contributed by atoms with E-state index in [4.69, 9.17) is 22.1 Å². The van der Waals surface area contributed by atoms with Crippen molar-refractivity contribution < 1.29 is 4.74 Å². The quantitative estimate of drug-likeness (QED) is 0.294. The second-order valence-corrected chi connectivity index (χ2v) is 9.06. The number of nitrogens with zero attached hydrogens (tertiary/aromatic N) is 1. The highest BCUT2D eigenvalue weighted by atomic mass is 35.5. The van der Waals surface area contributed by atoms with Gasteiger partial charge in [0.05, 0.1) is 11.3 Å². The molecule has 0 radical (unpaired) electrons. The van der Waals surface area contributed by atoms with Crippen molar-refractivity contribution in [2.75, 3.05) is 5.73 Å². The van der Waals surface area contributed by atoms with E-state index in [0.717, 1.165) is 38.9 Å². The minimum Gasteiger partial charge on any atom is -0.438 e. The molecule has 0 fully saturated rings. The van der Waals surface area contributed by atoms with E-state index in [1.165, 1.54) is 0 Å². The molecule has 3 aromatic carbocycles. The number of H-pyrrole nitrogens is 2. The highest BCUT2D eigenvalue weighted by Gasteiger charge is 2.32. The molecule has 0 amide bonds. The second kappa shape index (κ2) is 8.18. The number of aromatic nitrogens is 3. The Labute approximate surface area is 206 Å². The maximum atomic E-state index is 12.2. The minimum atomic E-state index is -0.560. The van der Waals surface area contributed by atoms with E-state index < -0.39 is 5.69 Å². The van der Waals surface area contributed by atoms with Gasteiger partial charge in [-0.2, -0.15) is 4.98 Å². The van der Waals surface area contributed by atoms with Gasteiger partial charge < -0.3 is 15.5 Å². The average Bonchev–Trinajstić information content (AvgIpc) is 3.22. The average molecular weight is 481 g/mol. The van der Waals surface area contributed by atoms with Gasteiger partial charge in [0.15, 0.2) is 0 Å². The number of nitrogen functional groups attached to an aromatic ring is 1. The number of rotatable bonds is 3. The highest BCUT2D eigenvalue weighted by Crippen LogP contribution is 2.47. The van der Waals surface area contributed by atoms with Gasteiger partial charge in [-0.3, -0.25) is 4.98 Å². The first-order chi connectivity index (χ1) is 17.0. The van der Waals surface area contributed by atoms with Crippen LogP contribution < -0.4 is 16.2 Å². The summed E-state index contributed by atoms with van der Waals surface area (Å²) < 4.78 is 6.14. The molecule has 0 spiro atoms. The van der Waals surface area contributed by atoms with Crippen LogP contribution in [0.5, 0.6) is 5.88 Å². The van der Waals surface area contributed by atoms with Gasteiger partial charge in [-0.1, -0.05) is 71.8 Å². The molecule has 1 aliphatic heterocycles. The number of ether oxygens (including phenoxy) is 1. The number of hydrogen-bond acceptors (Lipinski definition) is 4. The lowest BCUT2D eigenvalue weighted by Crippen LogP contribution is -2.21. The predicted octanol–water partition coefficient (Wildman–Crippen LogP) is 6.03. The summed E-state index contributed by atoms with van der Waals surface area (Å²) >= 11 is 6.44. The fraction of sp³-hybridized carbons (Fsp3) is 0.0714. The van der Waals surface area contributed by atoms with Crippen molar-refractivity contribution in [2.24, 2.45) is 0 Å². The largest absolute Gasteiger partial charge is 0.438 e. The lowest BCUT2D eigenvalue weighted by Gasteiger charge is -2.26. The van der Waals surface area contributed by atoms with Crippen LogP contribution in [0.4, 0.5) is 5.82 Å². The van der Waals surface area contributed by atoms with Crippen LogP contribution in [0.15, 0.2) is 83.7 Å². The molecule has 6 nitrogen and oxygen atoms in total. The summed E-state index contributed by atoms with van der Waals surface area (Å²) in [6.45, 7) is 2.03. The zero-order chi connectivity index (χ0) is 24.1. The van der Waals surface area contributed by atoms with Crippen LogP contribution in [0.1, 0.15) is 28.2 Å².